The van der Waals surface area contributed by atoms with Gasteiger partial charge in [-0.1, -0.05) is 47.3 Å². The molecule has 3 saturated heterocycles. The molecule has 0 aromatic heterocycles. The number of esters is 1. The van der Waals surface area contributed by atoms with E-state index >= 15 is 0 Å². The lowest BCUT2D eigenvalue weighted by atomic mass is 9.70. The van der Waals surface area contributed by atoms with E-state index in [-0.39, 0.29) is 48.3 Å². The van der Waals surface area contributed by atoms with Crippen LogP contribution in [0.4, 0.5) is 0 Å². The van der Waals surface area contributed by atoms with E-state index < -0.39 is 41.7 Å². The molecule has 3 amide bonds. The van der Waals surface area contributed by atoms with E-state index in [1.165, 1.54) is 4.90 Å². The van der Waals surface area contributed by atoms with Gasteiger partial charge < -0.3 is 29.7 Å². The molecule has 4 aliphatic rings. The average molecular weight is 639 g/mol. The molecule has 0 radical (unpaired) electrons. The van der Waals surface area contributed by atoms with Crippen molar-refractivity contribution in [3.05, 3.63) is 25.3 Å². The molecule has 4 fully saturated rings. The summed E-state index contributed by atoms with van der Waals surface area (Å²) in [6.07, 6.45) is 8.73. The standard InChI is InChI=1S/C30H44BrN3O7/c1-4-6-13-22(36)32-18-19(3)40-29(39)23-24-27(37)34(15-10-16-35)26(30(24)17-21(31)25(23)41-30)28(38)33(14-5-2)20-11-8-7-9-12-20/h4-5,19-21,23-26,35H,1-2,6-18H2,3H3,(H,32,36)/t19-,21?,23+,24-,25+,26+,30-/m1/s1. The largest absolute Gasteiger partial charge is 0.460 e. The van der Waals surface area contributed by atoms with Crippen LogP contribution in [0.3, 0.4) is 0 Å². The molecular formula is C30H44BrN3O7. The van der Waals surface area contributed by atoms with Crippen molar-refractivity contribution in [3.63, 3.8) is 0 Å². The summed E-state index contributed by atoms with van der Waals surface area (Å²) in [7, 11) is 0. The van der Waals surface area contributed by atoms with Crippen LogP contribution in [0.2, 0.25) is 0 Å². The van der Waals surface area contributed by atoms with Crippen molar-refractivity contribution in [1.82, 2.24) is 15.1 Å². The molecule has 4 rings (SSSR count). The van der Waals surface area contributed by atoms with E-state index in [1.54, 1.807) is 19.1 Å². The lowest BCUT2D eigenvalue weighted by Crippen LogP contribution is -2.58. The number of aliphatic hydroxyl groups excluding tert-OH is 1. The molecule has 0 aromatic carbocycles. The number of alkyl halides is 1. The molecule has 1 unspecified atom stereocenters. The Hall–Kier alpha value is -2.24. The molecule has 2 bridgehead atoms. The summed E-state index contributed by atoms with van der Waals surface area (Å²) in [5.74, 6) is -2.99. The maximum atomic E-state index is 14.4. The van der Waals surface area contributed by atoms with E-state index in [9.17, 15) is 24.3 Å². The van der Waals surface area contributed by atoms with Gasteiger partial charge in [-0.05, 0) is 39.0 Å². The van der Waals surface area contributed by atoms with Crippen molar-refractivity contribution in [2.24, 2.45) is 11.8 Å². The van der Waals surface area contributed by atoms with E-state index in [0.717, 1.165) is 32.1 Å². The Morgan fingerprint density at radius 1 is 1.27 bits per heavy atom. The van der Waals surface area contributed by atoms with Gasteiger partial charge in [0.25, 0.3) is 0 Å². The second kappa shape index (κ2) is 13.8. The first-order valence-electron chi connectivity index (χ1n) is 14.9. The number of carbonyl (C=O) groups is 4. The summed E-state index contributed by atoms with van der Waals surface area (Å²) in [4.78, 5) is 57.2. The SMILES string of the molecule is C=CCCC(=O)NC[C@@H](C)OC(=O)[C@@H]1[C@H]2O[C@@]3(CC2Br)[C@H](C(=O)N(CC=C)C2CCCCC2)N(CCCO)C(=O)[C@@H]13. The predicted molar refractivity (Wildman–Crippen MR) is 156 cm³/mol. The van der Waals surface area contributed by atoms with Crippen molar-refractivity contribution in [3.8, 4) is 0 Å². The zero-order valence-corrected chi connectivity index (χ0v) is 25.6. The number of ether oxygens (including phenoxy) is 2. The lowest BCUT2D eigenvalue weighted by molar-refractivity contribution is -0.159. The molecule has 3 heterocycles. The molecule has 1 aliphatic carbocycles. The van der Waals surface area contributed by atoms with E-state index in [4.69, 9.17) is 9.47 Å². The number of hydrogen-bond acceptors (Lipinski definition) is 7. The van der Waals surface area contributed by atoms with Crippen LogP contribution in [0, 0.1) is 11.8 Å². The van der Waals surface area contributed by atoms with Crippen molar-refractivity contribution < 1.29 is 33.8 Å². The van der Waals surface area contributed by atoms with Gasteiger partial charge in [0.05, 0.1) is 24.5 Å². The molecule has 3 aliphatic heterocycles. The minimum absolute atomic E-state index is 0.0566. The molecule has 1 spiro atoms. The number of allylic oxidation sites excluding steroid dienone is 1. The number of nitrogens with zero attached hydrogens (tertiary/aromatic N) is 2. The third-order valence-corrected chi connectivity index (χ3v) is 9.80. The molecule has 2 N–H and O–H groups in total. The first-order valence-corrected chi connectivity index (χ1v) is 15.8. The zero-order chi connectivity index (χ0) is 29.7. The van der Waals surface area contributed by atoms with Gasteiger partial charge in [-0.15, -0.1) is 13.2 Å². The predicted octanol–water partition coefficient (Wildman–Crippen LogP) is 2.48. The molecule has 1 saturated carbocycles. The topological polar surface area (TPSA) is 125 Å². The van der Waals surface area contributed by atoms with Gasteiger partial charge in [0.1, 0.15) is 17.7 Å². The number of amides is 3. The number of fused-ring (bicyclic) bond motifs is 1. The summed E-state index contributed by atoms with van der Waals surface area (Å²) < 4.78 is 12.3. The number of nitrogens with one attached hydrogen (secondary N) is 1. The van der Waals surface area contributed by atoms with Gasteiger partial charge in [0.15, 0.2) is 0 Å². The van der Waals surface area contributed by atoms with Gasteiger partial charge in [0.2, 0.25) is 17.7 Å². The highest BCUT2D eigenvalue weighted by Gasteiger charge is 2.77. The summed E-state index contributed by atoms with van der Waals surface area (Å²) in [5, 5.41) is 12.3. The summed E-state index contributed by atoms with van der Waals surface area (Å²) in [6, 6.07) is -0.848. The number of halogens is 1. The van der Waals surface area contributed by atoms with Crippen LogP contribution in [0.25, 0.3) is 0 Å². The minimum atomic E-state index is -1.18. The van der Waals surface area contributed by atoms with E-state index in [0.29, 0.717) is 32.2 Å². The molecular weight excluding hydrogens is 594 g/mol. The van der Waals surface area contributed by atoms with Crippen LogP contribution in [0.5, 0.6) is 0 Å². The quantitative estimate of drug-likeness (QED) is 0.170. The second-order valence-corrected chi connectivity index (χ2v) is 12.9. The van der Waals surface area contributed by atoms with Crippen molar-refractivity contribution in [2.75, 3.05) is 26.2 Å². The monoisotopic (exact) mass is 637 g/mol. The highest BCUT2D eigenvalue weighted by atomic mass is 79.9. The number of hydrogen-bond donors (Lipinski definition) is 2. The third kappa shape index (κ3) is 6.27. The van der Waals surface area contributed by atoms with Crippen LogP contribution in [-0.4, -0.2) is 99.6 Å². The Labute approximate surface area is 251 Å². The van der Waals surface area contributed by atoms with Crippen LogP contribution >= 0.6 is 15.9 Å². The van der Waals surface area contributed by atoms with Crippen LogP contribution in [0.1, 0.15) is 64.7 Å². The Balaban J connectivity index is 1.58. The fraction of sp³-hybridized carbons (Fsp3) is 0.733. The van der Waals surface area contributed by atoms with Gasteiger partial charge >= 0.3 is 5.97 Å². The fourth-order valence-electron chi connectivity index (χ4n) is 7.17. The minimum Gasteiger partial charge on any atom is -0.460 e. The smallest absolute Gasteiger partial charge is 0.312 e. The molecule has 11 heteroatoms. The number of aliphatic hydroxyl groups is 1. The normalized spacial score (nSPS) is 31.4. The average Bonchev–Trinajstić information content (AvgIpc) is 3.55. The first kappa shape index (κ1) is 31.7. The van der Waals surface area contributed by atoms with Crippen LogP contribution < -0.4 is 5.32 Å². The zero-order valence-electron chi connectivity index (χ0n) is 24.0. The lowest BCUT2D eigenvalue weighted by Gasteiger charge is -2.41. The van der Waals surface area contributed by atoms with E-state index in [2.05, 4.69) is 34.4 Å². The maximum absolute atomic E-state index is 14.4. The highest BCUT2D eigenvalue weighted by Crippen LogP contribution is 2.60. The highest BCUT2D eigenvalue weighted by molar-refractivity contribution is 9.09. The molecule has 7 atom stereocenters. The van der Waals surface area contributed by atoms with Crippen molar-refractivity contribution in [2.45, 2.75) is 99.4 Å². The van der Waals surface area contributed by atoms with E-state index in [1.807, 2.05) is 4.90 Å². The molecule has 41 heavy (non-hydrogen) atoms. The third-order valence-electron chi connectivity index (χ3n) is 8.96. The maximum Gasteiger partial charge on any atom is 0.312 e. The first-order chi connectivity index (χ1) is 19.7. The van der Waals surface area contributed by atoms with Gasteiger partial charge in [0, 0.05) is 37.0 Å². The fourth-order valence-corrected chi connectivity index (χ4v) is 8.11. The number of likely N-dealkylation sites (tertiary alicyclic amines) is 1. The summed E-state index contributed by atoms with van der Waals surface area (Å²) in [5.41, 5.74) is -1.18. The van der Waals surface area contributed by atoms with Crippen molar-refractivity contribution in [1.29, 1.82) is 0 Å². The van der Waals surface area contributed by atoms with Gasteiger partial charge in [-0.2, -0.15) is 0 Å². The Morgan fingerprint density at radius 2 is 2.00 bits per heavy atom. The Morgan fingerprint density at radius 3 is 2.66 bits per heavy atom. The Kier molecular flexibility index (Phi) is 10.7. The Bertz CT molecular complexity index is 1020. The van der Waals surface area contributed by atoms with Gasteiger partial charge in [-0.25, -0.2) is 0 Å². The second-order valence-electron chi connectivity index (χ2n) is 11.7. The van der Waals surface area contributed by atoms with Crippen LogP contribution in [0.15, 0.2) is 25.3 Å². The molecule has 228 valence electrons. The van der Waals surface area contributed by atoms with Crippen molar-refractivity contribution >= 4 is 39.6 Å². The summed E-state index contributed by atoms with van der Waals surface area (Å²) in [6.45, 7) is 9.74. The van der Waals surface area contributed by atoms with Crippen LogP contribution in [-0.2, 0) is 28.7 Å². The summed E-state index contributed by atoms with van der Waals surface area (Å²) >= 11 is 3.68. The molecule has 10 nitrogen and oxygen atoms in total. The molecule has 0 aromatic rings. The van der Waals surface area contributed by atoms with Gasteiger partial charge in [-0.3, -0.25) is 19.2 Å². The number of rotatable bonds is 14. The number of carbonyl (C=O) groups excluding carboxylic acids is 4.